The third-order valence-electron chi connectivity index (χ3n) is 4.75. The van der Waals surface area contributed by atoms with Crippen molar-refractivity contribution in [3.05, 3.63) is 71.7 Å². The van der Waals surface area contributed by atoms with E-state index in [4.69, 9.17) is 0 Å². The van der Waals surface area contributed by atoms with E-state index in [1.165, 1.54) is 24.1 Å². The number of benzene rings is 1. The molecule has 3 aromatic rings. The molecule has 5 nitrogen and oxygen atoms in total. The zero-order chi connectivity index (χ0) is 17.2. The van der Waals surface area contributed by atoms with E-state index in [0.29, 0.717) is 11.6 Å². The maximum atomic E-state index is 11.7. The summed E-state index contributed by atoms with van der Waals surface area (Å²) in [5.74, 6) is -0.0451. The predicted molar refractivity (Wildman–Crippen MR) is 97.3 cm³/mol. The lowest BCUT2D eigenvalue weighted by molar-refractivity contribution is 0.0963. The number of rotatable bonds is 6. The third-order valence-corrected chi connectivity index (χ3v) is 4.75. The van der Waals surface area contributed by atoms with Gasteiger partial charge in [0.05, 0.1) is 11.9 Å². The van der Waals surface area contributed by atoms with Crippen LogP contribution in [0.25, 0.3) is 5.65 Å². The molecule has 0 aliphatic heterocycles. The Morgan fingerprint density at radius 2 is 2.00 bits per heavy atom. The molecule has 0 atom stereocenters. The molecule has 0 radical (unpaired) electrons. The summed E-state index contributed by atoms with van der Waals surface area (Å²) in [4.78, 5) is 18.7. The van der Waals surface area contributed by atoms with E-state index in [1.807, 2.05) is 36.5 Å². The fourth-order valence-corrected chi connectivity index (χ4v) is 3.20. The van der Waals surface area contributed by atoms with Gasteiger partial charge in [-0.15, -0.1) is 0 Å². The molecule has 0 spiro atoms. The van der Waals surface area contributed by atoms with Crippen LogP contribution in [0.3, 0.4) is 0 Å². The normalized spacial score (nSPS) is 14.2. The number of carbonyl (C=O) groups excluding carboxylic acids is 1. The molecular formula is C20H22N4O. The number of pyridine rings is 1. The first-order valence-corrected chi connectivity index (χ1v) is 8.70. The first kappa shape index (κ1) is 15.8. The minimum atomic E-state index is -0.0451. The van der Waals surface area contributed by atoms with Crippen LogP contribution in [0.4, 0.5) is 0 Å². The van der Waals surface area contributed by atoms with Gasteiger partial charge in [-0.3, -0.25) is 9.69 Å². The van der Waals surface area contributed by atoms with Crippen LogP contribution >= 0.6 is 0 Å². The fourth-order valence-electron chi connectivity index (χ4n) is 3.20. The molecule has 2 heterocycles. The Morgan fingerprint density at radius 3 is 2.72 bits per heavy atom. The Kier molecular flexibility index (Phi) is 4.24. The van der Waals surface area contributed by atoms with Crippen molar-refractivity contribution in [2.45, 2.75) is 32.0 Å². The largest absolute Gasteiger partial charge is 0.355 e. The Hall–Kier alpha value is -2.66. The van der Waals surface area contributed by atoms with Crippen molar-refractivity contribution in [1.82, 2.24) is 19.6 Å². The molecule has 1 saturated carbocycles. The van der Waals surface area contributed by atoms with Gasteiger partial charge in [-0.05, 0) is 42.7 Å². The molecule has 0 bridgehead atoms. The monoisotopic (exact) mass is 334 g/mol. The van der Waals surface area contributed by atoms with Gasteiger partial charge in [-0.2, -0.15) is 0 Å². The Labute approximate surface area is 147 Å². The van der Waals surface area contributed by atoms with E-state index in [-0.39, 0.29) is 5.91 Å². The van der Waals surface area contributed by atoms with Gasteiger partial charge in [0.25, 0.3) is 5.91 Å². The van der Waals surface area contributed by atoms with Crippen molar-refractivity contribution in [3.8, 4) is 0 Å². The number of fused-ring (bicyclic) bond motifs is 1. The lowest BCUT2D eigenvalue weighted by Gasteiger charge is -2.22. The summed E-state index contributed by atoms with van der Waals surface area (Å²) in [7, 11) is 1.65. The smallest absolute Gasteiger partial charge is 0.251 e. The van der Waals surface area contributed by atoms with Crippen LogP contribution < -0.4 is 5.32 Å². The Bertz CT molecular complexity index is 880. The molecule has 1 fully saturated rings. The maximum Gasteiger partial charge on any atom is 0.251 e. The second kappa shape index (κ2) is 6.69. The van der Waals surface area contributed by atoms with Crippen molar-refractivity contribution in [2.75, 3.05) is 7.05 Å². The summed E-state index contributed by atoms with van der Waals surface area (Å²) < 4.78 is 2.16. The average molecular weight is 334 g/mol. The second-order valence-electron chi connectivity index (χ2n) is 6.59. The summed E-state index contributed by atoms with van der Waals surface area (Å²) >= 11 is 0. The van der Waals surface area contributed by atoms with Gasteiger partial charge in [0, 0.05) is 37.9 Å². The van der Waals surface area contributed by atoms with Crippen molar-refractivity contribution in [2.24, 2.45) is 0 Å². The Balaban J connectivity index is 1.51. The molecule has 25 heavy (non-hydrogen) atoms. The van der Waals surface area contributed by atoms with E-state index in [2.05, 4.69) is 37.9 Å². The first-order chi connectivity index (χ1) is 12.2. The minimum Gasteiger partial charge on any atom is -0.355 e. The minimum absolute atomic E-state index is 0.0451. The summed E-state index contributed by atoms with van der Waals surface area (Å²) in [5, 5.41) is 2.66. The van der Waals surface area contributed by atoms with Gasteiger partial charge in [0.15, 0.2) is 0 Å². The number of nitrogens with zero attached hydrogens (tertiary/aromatic N) is 3. The molecule has 1 aliphatic carbocycles. The van der Waals surface area contributed by atoms with Crippen molar-refractivity contribution in [1.29, 1.82) is 0 Å². The van der Waals surface area contributed by atoms with Crippen molar-refractivity contribution in [3.63, 3.8) is 0 Å². The highest BCUT2D eigenvalue weighted by molar-refractivity contribution is 5.93. The fraction of sp³-hybridized carbons (Fsp3) is 0.300. The number of carbonyl (C=O) groups is 1. The SMILES string of the molecule is CNC(=O)c1ccc(CN(Cc2cnc3ccccn23)C2CC2)cc1. The standard InChI is InChI=1S/C20H22N4O/c1-21-20(25)16-7-5-15(6-8-16)13-23(17-9-10-17)14-18-12-22-19-4-2-3-11-24(18)19/h2-8,11-12,17H,9-10,13-14H2,1H3,(H,21,25). The number of nitrogens with one attached hydrogen (secondary N) is 1. The van der Waals surface area contributed by atoms with Crippen molar-refractivity contribution < 1.29 is 4.79 Å². The number of aromatic nitrogens is 2. The number of imidazole rings is 1. The molecule has 5 heteroatoms. The molecule has 1 amide bonds. The van der Waals surface area contributed by atoms with E-state index in [9.17, 15) is 4.79 Å². The highest BCUT2D eigenvalue weighted by atomic mass is 16.1. The zero-order valence-corrected chi connectivity index (χ0v) is 14.4. The highest BCUT2D eigenvalue weighted by Crippen LogP contribution is 2.30. The van der Waals surface area contributed by atoms with E-state index in [1.54, 1.807) is 7.05 Å². The Morgan fingerprint density at radius 1 is 1.20 bits per heavy atom. The number of hydrogen-bond donors (Lipinski definition) is 1. The van der Waals surface area contributed by atoms with Crippen LogP contribution in [-0.4, -0.2) is 33.3 Å². The van der Waals surface area contributed by atoms with E-state index < -0.39 is 0 Å². The van der Waals surface area contributed by atoms with E-state index >= 15 is 0 Å². The summed E-state index contributed by atoms with van der Waals surface area (Å²) in [5.41, 5.74) is 4.13. The highest BCUT2D eigenvalue weighted by Gasteiger charge is 2.29. The first-order valence-electron chi connectivity index (χ1n) is 8.70. The topological polar surface area (TPSA) is 49.6 Å². The molecule has 0 unspecified atom stereocenters. The molecule has 1 N–H and O–H groups in total. The van der Waals surface area contributed by atoms with Gasteiger partial charge in [-0.1, -0.05) is 18.2 Å². The molecule has 2 aromatic heterocycles. The van der Waals surface area contributed by atoms with Crippen LogP contribution in [0.5, 0.6) is 0 Å². The van der Waals surface area contributed by atoms with Crippen LogP contribution in [-0.2, 0) is 13.1 Å². The van der Waals surface area contributed by atoms with Gasteiger partial charge in [-0.25, -0.2) is 4.98 Å². The van der Waals surface area contributed by atoms with Crippen LogP contribution in [0.2, 0.25) is 0 Å². The lowest BCUT2D eigenvalue weighted by Crippen LogP contribution is -2.25. The van der Waals surface area contributed by atoms with Gasteiger partial charge in [0.1, 0.15) is 5.65 Å². The number of hydrogen-bond acceptors (Lipinski definition) is 3. The lowest BCUT2D eigenvalue weighted by atomic mass is 10.1. The average Bonchev–Trinajstić information content (AvgIpc) is 3.43. The summed E-state index contributed by atoms with van der Waals surface area (Å²) in [6, 6.07) is 14.6. The quantitative estimate of drug-likeness (QED) is 0.754. The predicted octanol–water partition coefficient (Wildman–Crippen LogP) is 2.86. The molecule has 4 rings (SSSR count). The zero-order valence-electron chi connectivity index (χ0n) is 14.4. The van der Waals surface area contributed by atoms with Gasteiger partial charge in [0.2, 0.25) is 0 Å². The summed E-state index contributed by atoms with van der Waals surface area (Å²) in [6.45, 7) is 1.77. The second-order valence-corrected chi connectivity index (χ2v) is 6.59. The molecule has 128 valence electrons. The third kappa shape index (κ3) is 3.42. The molecule has 1 aliphatic rings. The van der Waals surface area contributed by atoms with Gasteiger partial charge >= 0.3 is 0 Å². The van der Waals surface area contributed by atoms with Crippen molar-refractivity contribution >= 4 is 11.6 Å². The van der Waals surface area contributed by atoms with Crippen LogP contribution in [0.15, 0.2) is 54.9 Å². The summed E-state index contributed by atoms with van der Waals surface area (Å²) in [6.07, 6.45) is 6.56. The maximum absolute atomic E-state index is 11.7. The van der Waals surface area contributed by atoms with Crippen LogP contribution in [0, 0.1) is 0 Å². The van der Waals surface area contributed by atoms with Crippen LogP contribution in [0.1, 0.15) is 34.5 Å². The molecule has 0 saturated heterocycles. The van der Waals surface area contributed by atoms with Gasteiger partial charge < -0.3 is 9.72 Å². The molecular weight excluding hydrogens is 312 g/mol. The van der Waals surface area contributed by atoms with E-state index in [0.717, 1.165) is 18.7 Å². The number of amides is 1. The molecule has 1 aromatic carbocycles.